The molecule has 30 heavy (non-hydrogen) atoms. The topological polar surface area (TPSA) is 65.5 Å². The zero-order valence-electron chi connectivity index (χ0n) is 16.0. The third kappa shape index (κ3) is 4.03. The number of hydrogen-bond donors (Lipinski definition) is 0. The predicted molar refractivity (Wildman–Crippen MR) is 103 cm³/mol. The first-order valence-corrected chi connectivity index (χ1v) is 8.71. The minimum absolute atomic E-state index is 0.130. The van der Waals surface area contributed by atoms with Gasteiger partial charge in [-0.05, 0) is 17.7 Å². The Morgan fingerprint density at radius 2 is 1.43 bits per heavy atom. The molecule has 0 saturated carbocycles. The molecule has 0 atom stereocenters. The standard InChI is InChI=1S/C22H16F3NO4/c1-29-20(27)18-15(13-8-4-3-5-9-13)12-17(26-19(18)21(28)30-2)14-10-6-7-11-16(14)22(23,24)25/h3-12H,1-2H3. The number of aromatic nitrogens is 1. The van der Waals surface area contributed by atoms with Crippen LogP contribution in [0.25, 0.3) is 22.4 Å². The molecule has 0 amide bonds. The minimum atomic E-state index is -4.64. The maximum atomic E-state index is 13.6. The van der Waals surface area contributed by atoms with E-state index in [1.165, 1.54) is 24.3 Å². The lowest BCUT2D eigenvalue weighted by Gasteiger charge is -2.17. The van der Waals surface area contributed by atoms with Crippen molar-refractivity contribution in [1.29, 1.82) is 0 Å². The molecule has 8 heteroatoms. The first-order chi connectivity index (χ1) is 14.3. The van der Waals surface area contributed by atoms with E-state index in [9.17, 15) is 22.8 Å². The summed E-state index contributed by atoms with van der Waals surface area (Å²) in [5, 5.41) is 0. The van der Waals surface area contributed by atoms with Gasteiger partial charge in [0.2, 0.25) is 0 Å². The van der Waals surface area contributed by atoms with E-state index in [4.69, 9.17) is 9.47 Å². The molecule has 0 aliphatic heterocycles. The number of benzene rings is 2. The van der Waals surface area contributed by atoms with Gasteiger partial charge in [0, 0.05) is 11.1 Å². The lowest BCUT2D eigenvalue weighted by Crippen LogP contribution is -2.17. The molecule has 1 aromatic heterocycles. The molecule has 3 rings (SSSR count). The zero-order chi connectivity index (χ0) is 21.9. The number of esters is 2. The van der Waals surface area contributed by atoms with Crippen molar-refractivity contribution in [2.24, 2.45) is 0 Å². The zero-order valence-corrected chi connectivity index (χ0v) is 16.0. The molecule has 0 fully saturated rings. The van der Waals surface area contributed by atoms with Crippen LogP contribution in [0.5, 0.6) is 0 Å². The second kappa shape index (κ2) is 8.36. The number of nitrogens with zero attached hydrogens (tertiary/aromatic N) is 1. The number of ether oxygens (including phenoxy) is 2. The monoisotopic (exact) mass is 415 g/mol. The smallest absolute Gasteiger partial charge is 0.417 e. The van der Waals surface area contributed by atoms with Gasteiger partial charge in [-0.2, -0.15) is 13.2 Å². The van der Waals surface area contributed by atoms with Gasteiger partial charge < -0.3 is 9.47 Å². The van der Waals surface area contributed by atoms with E-state index < -0.39 is 29.4 Å². The van der Waals surface area contributed by atoms with Gasteiger partial charge in [-0.15, -0.1) is 0 Å². The summed E-state index contributed by atoms with van der Waals surface area (Å²) in [5.41, 5.74) is -1.21. The van der Waals surface area contributed by atoms with Crippen molar-refractivity contribution < 1.29 is 32.2 Å². The highest BCUT2D eigenvalue weighted by Crippen LogP contribution is 2.38. The van der Waals surface area contributed by atoms with Crippen LogP contribution in [0.2, 0.25) is 0 Å². The molecule has 0 radical (unpaired) electrons. The Balaban J connectivity index is 2.41. The molecule has 0 saturated heterocycles. The van der Waals surface area contributed by atoms with Crippen LogP contribution in [0.1, 0.15) is 26.4 Å². The second-order valence-corrected chi connectivity index (χ2v) is 6.17. The van der Waals surface area contributed by atoms with Crippen LogP contribution in [0.3, 0.4) is 0 Å². The van der Waals surface area contributed by atoms with E-state index >= 15 is 0 Å². The summed E-state index contributed by atoms with van der Waals surface area (Å²) in [4.78, 5) is 28.9. The van der Waals surface area contributed by atoms with E-state index in [0.717, 1.165) is 20.3 Å². The first kappa shape index (κ1) is 21.0. The molecule has 0 unspecified atom stereocenters. The molecular formula is C22H16F3NO4. The Hall–Kier alpha value is -3.68. The van der Waals surface area contributed by atoms with Crippen molar-refractivity contribution in [3.63, 3.8) is 0 Å². The van der Waals surface area contributed by atoms with Crippen molar-refractivity contribution in [2.45, 2.75) is 6.18 Å². The van der Waals surface area contributed by atoms with Crippen molar-refractivity contribution >= 4 is 11.9 Å². The second-order valence-electron chi connectivity index (χ2n) is 6.17. The van der Waals surface area contributed by atoms with Gasteiger partial charge in [0.05, 0.1) is 25.5 Å². The highest BCUT2D eigenvalue weighted by molar-refractivity contribution is 6.07. The fourth-order valence-corrected chi connectivity index (χ4v) is 3.04. The van der Waals surface area contributed by atoms with E-state index in [2.05, 4.69) is 4.98 Å². The first-order valence-electron chi connectivity index (χ1n) is 8.71. The van der Waals surface area contributed by atoms with Crippen molar-refractivity contribution in [2.75, 3.05) is 14.2 Å². The number of carbonyl (C=O) groups is 2. The van der Waals surface area contributed by atoms with E-state index in [-0.39, 0.29) is 22.4 Å². The number of rotatable bonds is 4. The van der Waals surface area contributed by atoms with E-state index in [1.807, 2.05) is 0 Å². The van der Waals surface area contributed by atoms with Crippen LogP contribution in [-0.2, 0) is 15.7 Å². The summed E-state index contributed by atoms with van der Waals surface area (Å²) in [6, 6.07) is 14.6. The maximum Gasteiger partial charge on any atom is 0.417 e. The average molecular weight is 415 g/mol. The molecule has 3 aromatic rings. The van der Waals surface area contributed by atoms with Crippen LogP contribution in [-0.4, -0.2) is 31.1 Å². The summed E-state index contributed by atoms with van der Waals surface area (Å²) in [6.07, 6.45) is -4.64. The lowest BCUT2D eigenvalue weighted by molar-refractivity contribution is -0.137. The van der Waals surface area contributed by atoms with Gasteiger partial charge in [-0.3, -0.25) is 0 Å². The van der Waals surface area contributed by atoms with Gasteiger partial charge in [-0.1, -0.05) is 48.5 Å². The van der Waals surface area contributed by atoms with Crippen LogP contribution in [0.4, 0.5) is 13.2 Å². The number of methoxy groups -OCH3 is 2. The number of pyridine rings is 1. The lowest BCUT2D eigenvalue weighted by atomic mass is 9.94. The van der Waals surface area contributed by atoms with Gasteiger partial charge in [0.1, 0.15) is 5.56 Å². The molecule has 154 valence electrons. The Morgan fingerprint density at radius 1 is 0.833 bits per heavy atom. The molecule has 2 aromatic carbocycles. The number of alkyl halides is 3. The van der Waals surface area contributed by atoms with Crippen LogP contribution in [0.15, 0.2) is 60.7 Å². The third-order valence-corrected chi connectivity index (χ3v) is 4.38. The van der Waals surface area contributed by atoms with Crippen LogP contribution in [0, 0.1) is 0 Å². The summed E-state index contributed by atoms with van der Waals surface area (Å²) in [5.74, 6) is -1.84. The molecule has 5 nitrogen and oxygen atoms in total. The Labute approximate surface area is 170 Å². The summed E-state index contributed by atoms with van der Waals surface area (Å²) < 4.78 is 50.2. The highest BCUT2D eigenvalue weighted by atomic mass is 19.4. The largest absolute Gasteiger partial charge is 0.465 e. The minimum Gasteiger partial charge on any atom is -0.465 e. The molecule has 0 bridgehead atoms. The van der Waals surface area contributed by atoms with Crippen LogP contribution < -0.4 is 0 Å². The Morgan fingerprint density at radius 3 is 2.03 bits per heavy atom. The molecule has 0 N–H and O–H groups in total. The summed E-state index contributed by atoms with van der Waals surface area (Å²) in [6.45, 7) is 0. The maximum absolute atomic E-state index is 13.6. The SMILES string of the molecule is COC(=O)c1nc(-c2ccccc2C(F)(F)F)cc(-c2ccccc2)c1C(=O)OC. The van der Waals surface area contributed by atoms with Gasteiger partial charge in [0.15, 0.2) is 5.69 Å². The van der Waals surface area contributed by atoms with Gasteiger partial charge >= 0.3 is 18.1 Å². The molecule has 0 aliphatic carbocycles. The molecule has 0 spiro atoms. The quantitative estimate of drug-likeness (QED) is 0.561. The van der Waals surface area contributed by atoms with E-state index in [0.29, 0.717) is 5.56 Å². The average Bonchev–Trinajstić information content (AvgIpc) is 2.77. The molecule has 1 heterocycles. The summed E-state index contributed by atoms with van der Waals surface area (Å²) >= 11 is 0. The fourth-order valence-electron chi connectivity index (χ4n) is 3.04. The number of carbonyl (C=O) groups excluding carboxylic acids is 2. The highest BCUT2D eigenvalue weighted by Gasteiger charge is 2.35. The third-order valence-electron chi connectivity index (χ3n) is 4.38. The van der Waals surface area contributed by atoms with Crippen molar-refractivity contribution in [3.05, 3.63) is 77.5 Å². The van der Waals surface area contributed by atoms with Crippen LogP contribution >= 0.6 is 0 Å². The molecule has 0 aliphatic rings. The predicted octanol–water partition coefficient (Wildman–Crippen LogP) is 5.01. The van der Waals surface area contributed by atoms with Gasteiger partial charge in [0.25, 0.3) is 0 Å². The summed E-state index contributed by atoms with van der Waals surface area (Å²) in [7, 11) is 2.22. The fraction of sp³-hybridized carbons (Fsp3) is 0.136. The van der Waals surface area contributed by atoms with E-state index in [1.54, 1.807) is 30.3 Å². The normalized spacial score (nSPS) is 11.1. The Bertz CT molecular complexity index is 1100. The molecular weight excluding hydrogens is 399 g/mol. The van der Waals surface area contributed by atoms with Crippen molar-refractivity contribution in [1.82, 2.24) is 4.98 Å². The van der Waals surface area contributed by atoms with Gasteiger partial charge in [-0.25, -0.2) is 14.6 Å². The number of halogens is 3. The van der Waals surface area contributed by atoms with Crippen molar-refractivity contribution in [3.8, 4) is 22.4 Å². The Kier molecular flexibility index (Phi) is 5.86. The number of hydrogen-bond acceptors (Lipinski definition) is 5.